The Balaban J connectivity index is 2.09. The van der Waals surface area contributed by atoms with Crippen LogP contribution in [0.5, 0.6) is 0 Å². The minimum atomic E-state index is -0.0776. The highest BCUT2D eigenvalue weighted by atomic mass is 35.5. The zero-order valence-electron chi connectivity index (χ0n) is 11.4. The van der Waals surface area contributed by atoms with E-state index >= 15 is 0 Å². The predicted octanol–water partition coefficient (Wildman–Crippen LogP) is 2.54. The molecular formula is C14H21ClN2O2. The number of amides is 1. The third-order valence-corrected chi connectivity index (χ3v) is 2.54. The first-order valence-electron chi connectivity index (χ1n) is 6.42. The zero-order chi connectivity index (χ0) is 14.1. The predicted molar refractivity (Wildman–Crippen MR) is 78.6 cm³/mol. The van der Waals surface area contributed by atoms with E-state index in [0.29, 0.717) is 24.1 Å². The second kappa shape index (κ2) is 8.91. The number of carbonyl (C=O) groups excluding carboxylic acids is 1. The number of halogens is 1. The smallest absolute Gasteiger partial charge is 0.238 e. The Morgan fingerprint density at radius 2 is 2.00 bits per heavy atom. The standard InChI is InChI=1S/C14H21ClN2O2/c1-11(2)10-19-8-7-16-9-14(18)17-13-5-3-12(15)4-6-13/h3-6,11,16H,7-10H2,1-2H3,(H,17,18). The summed E-state index contributed by atoms with van der Waals surface area (Å²) in [7, 11) is 0. The molecule has 0 bridgehead atoms. The third-order valence-electron chi connectivity index (χ3n) is 2.29. The van der Waals surface area contributed by atoms with Gasteiger partial charge in [-0.3, -0.25) is 4.79 Å². The summed E-state index contributed by atoms with van der Waals surface area (Å²) in [4.78, 5) is 11.6. The Morgan fingerprint density at radius 3 is 2.63 bits per heavy atom. The maximum absolute atomic E-state index is 11.6. The van der Waals surface area contributed by atoms with Crippen molar-refractivity contribution >= 4 is 23.2 Å². The fraction of sp³-hybridized carbons (Fsp3) is 0.500. The van der Waals surface area contributed by atoms with Crippen LogP contribution in [0.25, 0.3) is 0 Å². The quantitative estimate of drug-likeness (QED) is 0.721. The number of benzene rings is 1. The minimum absolute atomic E-state index is 0.0776. The van der Waals surface area contributed by atoms with Crippen molar-refractivity contribution in [2.75, 3.05) is 31.6 Å². The topological polar surface area (TPSA) is 50.4 Å². The van der Waals surface area contributed by atoms with Gasteiger partial charge >= 0.3 is 0 Å². The van der Waals surface area contributed by atoms with Gasteiger partial charge in [-0.25, -0.2) is 0 Å². The van der Waals surface area contributed by atoms with Crippen LogP contribution in [-0.4, -0.2) is 32.2 Å². The van der Waals surface area contributed by atoms with E-state index in [-0.39, 0.29) is 12.5 Å². The molecule has 0 aromatic heterocycles. The molecule has 0 heterocycles. The molecule has 1 amide bonds. The summed E-state index contributed by atoms with van der Waals surface area (Å²) >= 11 is 5.76. The molecule has 5 heteroatoms. The molecule has 1 aromatic carbocycles. The molecule has 0 saturated carbocycles. The van der Waals surface area contributed by atoms with Gasteiger partial charge in [0.2, 0.25) is 5.91 Å². The molecule has 2 N–H and O–H groups in total. The first-order valence-corrected chi connectivity index (χ1v) is 6.79. The van der Waals surface area contributed by atoms with Gasteiger partial charge in [0, 0.05) is 23.9 Å². The number of hydrogen-bond acceptors (Lipinski definition) is 3. The fourth-order valence-electron chi connectivity index (χ4n) is 1.40. The molecule has 0 aliphatic rings. The molecule has 0 saturated heterocycles. The number of hydrogen-bond donors (Lipinski definition) is 2. The fourth-order valence-corrected chi connectivity index (χ4v) is 1.53. The normalized spacial score (nSPS) is 10.7. The van der Waals surface area contributed by atoms with Crippen LogP contribution in [0.15, 0.2) is 24.3 Å². The molecule has 0 atom stereocenters. The number of nitrogens with one attached hydrogen (secondary N) is 2. The summed E-state index contributed by atoms with van der Waals surface area (Å²) in [5.74, 6) is 0.458. The summed E-state index contributed by atoms with van der Waals surface area (Å²) in [6.07, 6.45) is 0. The maximum atomic E-state index is 11.6. The maximum Gasteiger partial charge on any atom is 0.238 e. The average Bonchev–Trinajstić information content (AvgIpc) is 2.36. The van der Waals surface area contributed by atoms with Crippen molar-refractivity contribution in [3.05, 3.63) is 29.3 Å². The Kier molecular flexibility index (Phi) is 7.48. The molecule has 106 valence electrons. The molecule has 0 radical (unpaired) electrons. The highest BCUT2D eigenvalue weighted by Gasteiger charge is 2.01. The van der Waals surface area contributed by atoms with Crippen molar-refractivity contribution < 1.29 is 9.53 Å². The van der Waals surface area contributed by atoms with Crippen LogP contribution in [0, 0.1) is 5.92 Å². The van der Waals surface area contributed by atoms with E-state index in [1.165, 1.54) is 0 Å². The van der Waals surface area contributed by atoms with E-state index in [9.17, 15) is 4.79 Å². The van der Waals surface area contributed by atoms with Gasteiger partial charge < -0.3 is 15.4 Å². The molecule has 0 aliphatic carbocycles. The minimum Gasteiger partial charge on any atom is -0.380 e. The molecule has 0 aliphatic heterocycles. The van der Waals surface area contributed by atoms with Crippen LogP contribution in [0.2, 0.25) is 5.02 Å². The largest absolute Gasteiger partial charge is 0.380 e. The second-order valence-corrected chi connectivity index (χ2v) is 5.14. The van der Waals surface area contributed by atoms with Crippen LogP contribution in [0.1, 0.15) is 13.8 Å². The Morgan fingerprint density at radius 1 is 1.32 bits per heavy atom. The van der Waals surface area contributed by atoms with Gasteiger partial charge in [-0.15, -0.1) is 0 Å². The van der Waals surface area contributed by atoms with Crippen molar-refractivity contribution in [2.45, 2.75) is 13.8 Å². The van der Waals surface area contributed by atoms with Gasteiger partial charge in [-0.05, 0) is 30.2 Å². The molecule has 0 unspecified atom stereocenters. The first-order chi connectivity index (χ1) is 9.08. The molecule has 0 spiro atoms. The van der Waals surface area contributed by atoms with Crippen LogP contribution in [0.4, 0.5) is 5.69 Å². The van der Waals surface area contributed by atoms with E-state index in [4.69, 9.17) is 16.3 Å². The van der Waals surface area contributed by atoms with Gasteiger partial charge in [0.25, 0.3) is 0 Å². The van der Waals surface area contributed by atoms with Gasteiger partial charge in [0.1, 0.15) is 0 Å². The Hall–Kier alpha value is -1.10. The number of ether oxygens (including phenoxy) is 1. The van der Waals surface area contributed by atoms with Crippen molar-refractivity contribution in [2.24, 2.45) is 5.92 Å². The summed E-state index contributed by atoms with van der Waals surface area (Å²) in [6.45, 7) is 6.51. The summed E-state index contributed by atoms with van der Waals surface area (Å²) in [6, 6.07) is 7.02. The molecule has 0 fully saturated rings. The average molecular weight is 285 g/mol. The molecule has 4 nitrogen and oxygen atoms in total. The molecular weight excluding hydrogens is 264 g/mol. The van der Waals surface area contributed by atoms with E-state index in [1.807, 2.05) is 0 Å². The van der Waals surface area contributed by atoms with Gasteiger partial charge in [-0.2, -0.15) is 0 Å². The van der Waals surface area contributed by atoms with E-state index in [1.54, 1.807) is 24.3 Å². The van der Waals surface area contributed by atoms with Crippen molar-refractivity contribution in [3.63, 3.8) is 0 Å². The summed E-state index contributed by atoms with van der Waals surface area (Å²) in [5.41, 5.74) is 0.743. The lowest BCUT2D eigenvalue weighted by Gasteiger charge is -2.08. The van der Waals surface area contributed by atoms with E-state index < -0.39 is 0 Å². The lowest BCUT2D eigenvalue weighted by Crippen LogP contribution is -2.30. The Labute approximate surface area is 119 Å². The highest BCUT2D eigenvalue weighted by Crippen LogP contribution is 2.12. The molecule has 1 aromatic rings. The lowest BCUT2D eigenvalue weighted by molar-refractivity contribution is -0.115. The SMILES string of the molecule is CC(C)COCCNCC(=O)Nc1ccc(Cl)cc1. The van der Waals surface area contributed by atoms with Crippen molar-refractivity contribution in [1.29, 1.82) is 0 Å². The summed E-state index contributed by atoms with van der Waals surface area (Å²) in [5, 5.41) is 6.46. The first kappa shape index (κ1) is 16.0. The second-order valence-electron chi connectivity index (χ2n) is 4.70. The van der Waals surface area contributed by atoms with Gasteiger partial charge in [0.05, 0.1) is 13.2 Å². The van der Waals surface area contributed by atoms with Gasteiger partial charge in [-0.1, -0.05) is 25.4 Å². The van der Waals surface area contributed by atoms with Crippen LogP contribution in [0.3, 0.4) is 0 Å². The van der Waals surface area contributed by atoms with Crippen molar-refractivity contribution in [1.82, 2.24) is 5.32 Å². The van der Waals surface area contributed by atoms with Crippen LogP contribution in [-0.2, 0) is 9.53 Å². The molecule has 19 heavy (non-hydrogen) atoms. The zero-order valence-corrected chi connectivity index (χ0v) is 12.2. The van der Waals surface area contributed by atoms with Crippen molar-refractivity contribution in [3.8, 4) is 0 Å². The van der Waals surface area contributed by atoms with Crippen LogP contribution < -0.4 is 10.6 Å². The van der Waals surface area contributed by atoms with E-state index in [2.05, 4.69) is 24.5 Å². The Bertz CT molecular complexity index is 380. The number of carbonyl (C=O) groups is 1. The summed E-state index contributed by atoms with van der Waals surface area (Å²) < 4.78 is 5.40. The van der Waals surface area contributed by atoms with Crippen LogP contribution >= 0.6 is 11.6 Å². The lowest BCUT2D eigenvalue weighted by atomic mass is 10.2. The van der Waals surface area contributed by atoms with E-state index in [0.717, 1.165) is 12.3 Å². The monoisotopic (exact) mass is 284 g/mol. The van der Waals surface area contributed by atoms with Gasteiger partial charge in [0.15, 0.2) is 0 Å². The molecule has 1 rings (SSSR count). The number of anilines is 1. The third kappa shape index (κ3) is 7.82. The number of rotatable bonds is 8. The highest BCUT2D eigenvalue weighted by molar-refractivity contribution is 6.30.